The van der Waals surface area contributed by atoms with E-state index in [1.54, 1.807) is 6.08 Å². The summed E-state index contributed by atoms with van der Waals surface area (Å²) < 4.78 is 5.50. The Hall–Kier alpha value is -1.66. The van der Waals surface area contributed by atoms with Gasteiger partial charge < -0.3 is 20.3 Å². The lowest BCUT2D eigenvalue weighted by Gasteiger charge is -2.20. The Kier molecular flexibility index (Phi) is 59.5. The molecule has 0 saturated heterocycles. The predicted molar refractivity (Wildman–Crippen MR) is 310 cm³/mol. The van der Waals surface area contributed by atoms with E-state index < -0.39 is 12.1 Å². The highest BCUT2D eigenvalue weighted by molar-refractivity contribution is 5.76. The van der Waals surface area contributed by atoms with Gasteiger partial charge in [-0.25, -0.2) is 0 Å². The van der Waals surface area contributed by atoms with Crippen molar-refractivity contribution >= 4 is 11.9 Å². The molecule has 0 heterocycles. The van der Waals surface area contributed by atoms with Crippen molar-refractivity contribution in [3.05, 3.63) is 24.3 Å². The fraction of sp³-hybridized carbons (Fsp3) is 0.908. The topological polar surface area (TPSA) is 95.9 Å². The lowest BCUT2D eigenvalue weighted by Crippen LogP contribution is -2.45. The van der Waals surface area contributed by atoms with Crippen LogP contribution in [0, 0.1) is 0 Å². The lowest BCUT2D eigenvalue weighted by molar-refractivity contribution is -0.143. The molecule has 0 aromatic rings. The van der Waals surface area contributed by atoms with Gasteiger partial charge in [-0.1, -0.05) is 308 Å². The first-order valence-electron chi connectivity index (χ1n) is 32.1. The number of esters is 1. The fourth-order valence-electron chi connectivity index (χ4n) is 10.0. The van der Waals surface area contributed by atoms with Crippen LogP contribution in [0.1, 0.15) is 354 Å². The SMILES string of the molecule is CCCCCCCCCCCC/C=C/C(O)C(CO)NC(=O)CCCCCCCCC/C=C\CCCCCCCCCCCCCCOC(=O)CCCCCCCCCCCCCCCCCCCCC. The summed E-state index contributed by atoms with van der Waals surface area (Å²) in [4.78, 5) is 24.5. The highest BCUT2D eigenvalue weighted by atomic mass is 16.5. The van der Waals surface area contributed by atoms with Crippen molar-refractivity contribution in [3.63, 3.8) is 0 Å². The van der Waals surface area contributed by atoms with Crippen LogP contribution in [0.15, 0.2) is 24.3 Å². The van der Waals surface area contributed by atoms with Crippen LogP contribution in [0.5, 0.6) is 0 Å². The number of carbonyl (C=O) groups is 2. The average molecular weight is 1000 g/mol. The van der Waals surface area contributed by atoms with E-state index in [2.05, 4.69) is 31.3 Å². The molecular formula is C65H125NO5. The van der Waals surface area contributed by atoms with Crippen LogP contribution in [0.3, 0.4) is 0 Å². The monoisotopic (exact) mass is 1000 g/mol. The summed E-state index contributed by atoms with van der Waals surface area (Å²) in [6.07, 6.45) is 75.2. The van der Waals surface area contributed by atoms with Crippen molar-refractivity contribution in [2.75, 3.05) is 13.2 Å². The van der Waals surface area contributed by atoms with E-state index in [1.165, 1.54) is 283 Å². The first-order chi connectivity index (χ1) is 35.0. The number of aliphatic hydroxyl groups is 2. The van der Waals surface area contributed by atoms with Gasteiger partial charge in [-0.2, -0.15) is 0 Å². The van der Waals surface area contributed by atoms with Crippen molar-refractivity contribution in [2.24, 2.45) is 0 Å². The van der Waals surface area contributed by atoms with Gasteiger partial charge in [-0.15, -0.1) is 0 Å². The standard InChI is InChI=1S/C65H125NO5/c1-3-5-7-9-11-13-15-17-18-19-25-29-32-35-39-43-47-51-55-59-65(70)71-60-56-52-48-44-40-36-33-30-27-24-22-20-21-23-26-28-31-34-38-42-46-50-54-58-64(69)66-62(61-67)63(68)57-53-49-45-41-37-16-14-12-10-8-6-4-2/h23,26,53,57,62-63,67-68H,3-22,24-25,27-52,54-56,58-61H2,1-2H3,(H,66,69)/b26-23-,57-53+. The molecule has 6 heteroatoms. The molecule has 71 heavy (non-hydrogen) atoms. The van der Waals surface area contributed by atoms with Crippen LogP contribution >= 0.6 is 0 Å². The molecule has 0 aliphatic heterocycles. The summed E-state index contributed by atoms with van der Waals surface area (Å²) in [5.41, 5.74) is 0. The van der Waals surface area contributed by atoms with E-state index in [1.807, 2.05) is 6.08 Å². The highest BCUT2D eigenvalue weighted by Gasteiger charge is 2.18. The van der Waals surface area contributed by atoms with Crippen molar-refractivity contribution in [1.29, 1.82) is 0 Å². The molecule has 0 bridgehead atoms. The Morgan fingerprint density at radius 3 is 1.00 bits per heavy atom. The molecule has 6 nitrogen and oxygen atoms in total. The number of hydrogen-bond acceptors (Lipinski definition) is 5. The second-order valence-electron chi connectivity index (χ2n) is 22.1. The fourth-order valence-corrected chi connectivity index (χ4v) is 10.0. The number of aliphatic hydroxyl groups excluding tert-OH is 2. The Balaban J connectivity index is 3.38. The molecule has 0 aliphatic carbocycles. The number of ether oxygens (including phenoxy) is 1. The molecule has 420 valence electrons. The zero-order valence-electron chi connectivity index (χ0n) is 48.0. The number of carbonyl (C=O) groups excluding carboxylic acids is 2. The van der Waals surface area contributed by atoms with Crippen LogP contribution in [0.25, 0.3) is 0 Å². The second kappa shape index (κ2) is 60.9. The van der Waals surface area contributed by atoms with Gasteiger partial charge in [0.25, 0.3) is 0 Å². The van der Waals surface area contributed by atoms with Crippen LogP contribution in [0.4, 0.5) is 0 Å². The van der Waals surface area contributed by atoms with Gasteiger partial charge in [0, 0.05) is 12.8 Å². The zero-order valence-corrected chi connectivity index (χ0v) is 48.0. The van der Waals surface area contributed by atoms with Crippen molar-refractivity contribution in [2.45, 2.75) is 366 Å². The Bertz CT molecular complexity index is 1110. The van der Waals surface area contributed by atoms with Crippen LogP contribution < -0.4 is 5.32 Å². The zero-order chi connectivity index (χ0) is 51.4. The van der Waals surface area contributed by atoms with Gasteiger partial charge in [0.2, 0.25) is 5.91 Å². The number of unbranched alkanes of at least 4 members (excludes halogenated alkanes) is 47. The summed E-state index contributed by atoms with van der Waals surface area (Å²) in [5.74, 6) is -0.0579. The van der Waals surface area contributed by atoms with E-state index in [0.717, 1.165) is 44.9 Å². The van der Waals surface area contributed by atoms with Gasteiger partial charge in [-0.3, -0.25) is 9.59 Å². The minimum Gasteiger partial charge on any atom is -0.466 e. The second-order valence-corrected chi connectivity index (χ2v) is 22.1. The summed E-state index contributed by atoms with van der Waals surface area (Å²) >= 11 is 0. The molecule has 2 atom stereocenters. The predicted octanol–water partition coefficient (Wildman–Crippen LogP) is 20.2. The maximum Gasteiger partial charge on any atom is 0.305 e. The third kappa shape index (κ3) is 57.5. The number of rotatable bonds is 60. The number of amides is 1. The van der Waals surface area contributed by atoms with Crippen LogP contribution in [-0.2, 0) is 14.3 Å². The van der Waals surface area contributed by atoms with Crippen molar-refractivity contribution < 1.29 is 24.5 Å². The Morgan fingerprint density at radius 1 is 0.380 bits per heavy atom. The summed E-state index contributed by atoms with van der Waals surface area (Å²) in [6, 6.07) is -0.631. The third-order valence-electron chi connectivity index (χ3n) is 15.0. The number of hydrogen-bond donors (Lipinski definition) is 3. The number of allylic oxidation sites excluding steroid dienone is 3. The van der Waals surface area contributed by atoms with Crippen molar-refractivity contribution in [3.8, 4) is 0 Å². The van der Waals surface area contributed by atoms with E-state index in [-0.39, 0.29) is 18.5 Å². The van der Waals surface area contributed by atoms with E-state index in [0.29, 0.717) is 19.4 Å². The first kappa shape index (κ1) is 69.3. The Labute approximate surface area is 443 Å². The van der Waals surface area contributed by atoms with Gasteiger partial charge >= 0.3 is 5.97 Å². The molecule has 0 saturated carbocycles. The third-order valence-corrected chi connectivity index (χ3v) is 15.0. The molecule has 0 spiro atoms. The van der Waals surface area contributed by atoms with Crippen LogP contribution in [-0.4, -0.2) is 47.4 Å². The van der Waals surface area contributed by atoms with Gasteiger partial charge in [0.1, 0.15) is 0 Å². The quantitative estimate of drug-likeness (QED) is 0.0320. The normalized spacial score (nSPS) is 12.7. The molecule has 0 aliphatic rings. The van der Waals surface area contributed by atoms with E-state index in [9.17, 15) is 19.8 Å². The minimum atomic E-state index is -0.847. The molecule has 1 amide bonds. The lowest BCUT2D eigenvalue weighted by atomic mass is 10.0. The van der Waals surface area contributed by atoms with Crippen LogP contribution in [0.2, 0.25) is 0 Å². The van der Waals surface area contributed by atoms with Crippen molar-refractivity contribution in [1.82, 2.24) is 5.32 Å². The number of nitrogens with one attached hydrogen (secondary N) is 1. The molecule has 0 rings (SSSR count). The average Bonchev–Trinajstić information content (AvgIpc) is 3.37. The molecule has 0 aromatic heterocycles. The molecule has 0 aromatic carbocycles. The summed E-state index contributed by atoms with van der Waals surface area (Å²) in [5, 5.41) is 23.0. The maximum absolute atomic E-state index is 12.4. The minimum absolute atomic E-state index is 0.0161. The molecule has 2 unspecified atom stereocenters. The van der Waals surface area contributed by atoms with Gasteiger partial charge in [-0.05, 0) is 57.8 Å². The maximum atomic E-state index is 12.4. The van der Waals surface area contributed by atoms with Gasteiger partial charge in [0.05, 0.1) is 25.4 Å². The molecule has 0 fully saturated rings. The molecule has 0 radical (unpaired) electrons. The summed E-state index contributed by atoms with van der Waals surface area (Å²) in [6.45, 7) is 4.92. The van der Waals surface area contributed by atoms with E-state index >= 15 is 0 Å². The smallest absolute Gasteiger partial charge is 0.305 e. The Morgan fingerprint density at radius 2 is 0.662 bits per heavy atom. The largest absolute Gasteiger partial charge is 0.466 e. The van der Waals surface area contributed by atoms with Gasteiger partial charge in [0.15, 0.2) is 0 Å². The molecule has 3 N–H and O–H groups in total. The molecular weight excluding hydrogens is 875 g/mol. The van der Waals surface area contributed by atoms with E-state index in [4.69, 9.17) is 4.74 Å². The first-order valence-corrected chi connectivity index (χ1v) is 32.1. The highest BCUT2D eigenvalue weighted by Crippen LogP contribution is 2.18. The summed E-state index contributed by atoms with van der Waals surface area (Å²) in [7, 11) is 0.